The number of hydrogen-bond donors (Lipinski definition) is 1. The summed E-state index contributed by atoms with van der Waals surface area (Å²) in [6.45, 7) is 2.23. The number of benzene rings is 1. The number of rotatable bonds is 6. The van der Waals surface area contributed by atoms with Gasteiger partial charge >= 0.3 is 5.97 Å². The molecule has 4 nitrogen and oxygen atoms in total. The molecule has 0 amide bonds. The predicted molar refractivity (Wildman–Crippen MR) is 63.5 cm³/mol. The van der Waals surface area contributed by atoms with Crippen molar-refractivity contribution in [2.45, 2.75) is 18.9 Å². The molecule has 94 valence electrons. The molecule has 0 saturated carbocycles. The van der Waals surface area contributed by atoms with Gasteiger partial charge in [0.1, 0.15) is 0 Å². The fourth-order valence-electron chi connectivity index (χ4n) is 1.58. The van der Waals surface area contributed by atoms with Gasteiger partial charge in [-0.25, -0.2) is 4.79 Å². The largest absolute Gasteiger partial charge is 0.464 e. The van der Waals surface area contributed by atoms with Gasteiger partial charge < -0.3 is 14.6 Å². The number of ether oxygens (including phenoxy) is 2. The Morgan fingerprint density at radius 2 is 2.00 bits per heavy atom. The topological polar surface area (TPSA) is 55.8 Å². The molecule has 17 heavy (non-hydrogen) atoms. The molecule has 0 fully saturated rings. The van der Waals surface area contributed by atoms with Crippen LogP contribution in [0.2, 0.25) is 0 Å². The van der Waals surface area contributed by atoms with E-state index < -0.39 is 11.6 Å². The third-order valence-electron chi connectivity index (χ3n) is 2.53. The van der Waals surface area contributed by atoms with Crippen LogP contribution >= 0.6 is 0 Å². The van der Waals surface area contributed by atoms with Crippen molar-refractivity contribution in [2.75, 3.05) is 20.3 Å². The van der Waals surface area contributed by atoms with Crippen LogP contribution in [0.4, 0.5) is 0 Å². The number of carbonyl (C=O) groups is 1. The highest BCUT2D eigenvalue weighted by Crippen LogP contribution is 2.26. The van der Waals surface area contributed by atoms with Gasteiger partial charge in [-0.3, -0.25) is 0 Å². The van der Waals surface area contributed by atoms with Gasteiger partial charge in [-0.05, 0) is 12.5 Å². The molecule has 0 aliphatic carbocycles. The highest BCUT2D eigenvalue weighted by molar-refractivity contribution is 5.81. The fraction of sp³-hybridized carbons (Fsp3) is 0.462. The van der Waals surface area contributed by atoms with Crippen LogP contribution in [0.1, 0.15) is 18.9 Å². The number of carbonyl (C=O) groups excluding carboxylic acids is 1. The summed E-state index contributed by atoms with van der Waals surface area (Å²) in [7, 11) is 1.52. The molecule has 0 aromatic heterocycles. The minimum absolute atomic E-state index is 0.173. The lowest BCUT2D eigenvalue weighted by atomic mass is 9.91. The van der Waals surface area contributed by atoms with Crippen molar-refractivity contribution >= 4 is 5.97 Å². The van der Waals surface area contributed by atoms with Crippen LogP contribution < -0.4 is 0 Å². The second-order valence-corrected chi connectivity index (χ2v) is 3.69. The minimum atomic E-state index is -1.63. The van der Waals surface area contributed by atoms with E-state index in [1.807, 2.05) is 6.07 Å². The molecule has 0 unspecified atom stereocenters. The molecule has 1 atom stereocenters. The van der Waals surface area contributed by atoms with Gasteiger partial charge in [-0.2, -0.15) is 0 Å². The standard InChI is InChI=1S/C13H18O4/c1-3-17-12(14)13(15,9-10-16-2)11-7-5-4-6-8-11/h4-8,15H,3,9-10H2,1-2H3/t13-/m1/s1. The normalized spacial score (nSPS) is 14.1. The molecule has 0 saturated heterocycles. The molecule has 0 radical (unpaired) electrons. The molecule has 1 aromatic rings. The van der Waals surface area contributed by atoms with E-state index in [1.165, 1.54) is 7.11 Å². The van der Waals surface area contributed by atoms with Crippen molar-refractivity contribution in [3.8, 4) is 0 Å². The van der Waals surface area contributed by atoms with E-state index in [2.05, 4.69) is 0 Å². The molecule has 0 aliphatic rings. The van der Waals surface area contributed by atoms with Crippen LogP contribution in [0.25, 0.3) is 0 Å². The van der Waals surface area contributed by atoms with Crippen molar-refractivity contribution in [2.24, 2.45) is 0 Å². The van der Waals surface area contributed by atoms with Crippen LogP contribution in [-0.4, -0.2) is 31.4 Å². The van der Waals surface area contributed by atoms with Gasteiger partial charge in [0.2, 0.25) is 0 Å². The second-order valence-electron chi connectivity index (χ2n) is 3.69. The van der Waals surface area contributed by atoms with Crippen LogP contribution in [0.5, 0.6) is 0 Å². The lowest BCUT2D eigenvalue weighted by molar-refractivity contribution is -0.168. The van der Waals surface area contributed by atoms with E-state index in [1.54, 1.807) is 31.2 Å². The molecular formula is C13H18O4. The van der Waals surface area contributed by atoms with E-state index >= 15 is 0 Å². The number of aliphatic hydroxyl groups is 1. The van der Waals surface area contributed by atoms with Crippen molar-refractivity contribution < 1.29 is 19.4 Å². The Morgan fingerprint density at radius 1 is 1.35 bits per heavy atom. The van der Waals surface area contributed by atoms with Gasteiger partial charge in [0.05, 0.1) is 6.61 Å². The van der Waals surface area contributed by atoms with E-state index in [0.29, 0.717) is 5.56 Å². The van der Waals surface area contributed by atoms with Gasteiger partial charge in [0.15, 0.2) is 5.60 Å². The summed E-state index contributed by atoms with van der Waals surface area (Å²) in [6, 6.07) is 8.77. The zero-order valence-corrected chi connectivity index (χ0v) is 10.2. The van der Waals surface area contributed by atoms with Gasteiger partial charge in [-0.15, -0.1) is 0 Å². The summed E-state index contributed by atoms with van der Waals surface area (Å²) in [5, 5.41) is 10.5. The highest BCUT2D eigenvalue weighted by atomic mass is 16.5. The van der Waals surface area contributed by atoms with E-state index in [9.17, 15) is 9.90 Å². The lowest BCUT2D eigenvalue weighted by Gasteiger charge is -2.25. The first-order valence-electron chi connectivity index (χ1n) is 5.59. The summed E-state index contributed by atoms with van der Waals surface area (Å²) < 4.78 is 9.83. The molecular weight excluding hydrogens is 220 g/mol. The Balaban J connectivity index is 2.97. The molecule has 0 spiro atoms. The summed E-state index contributed by atoms with van der Waals surface area (Å²) in [5.41, 5.74) is -1.11. The van der Waals surface area contributed by atoms with E-state index in [4.69, 9.17) is 9.47 Å². The third kappa shape index (κ3) is 3.28. The quantitative estimate of drug-likeness (QED) is 0.763. The summed E-state index contributed by atoms with van der Waals surface area (Å²) >= 11 is 0. The first-order chi connectivity index (χ1) is 8.15. The monoisotopic (exact) mass is 238 g/mol. The Morgan fingerprint density at radius 3 is 2.53 bits per heavy atom. The number of hydrogen-bond acceptors (Lipinski definition) is 4. The first kappa shape index (κ1) is 13.7. The van der Waals surface area contributed by atoms with E-state index in [-0.39, 0.29) is 19.6 Å². The van der Waals surface area contributed by atoms with Crippen molar-refractivity contribution in [1.82, 2.24) is 0 Å². The Bertz CT molecular complexity index is 350. The predicted octanol–water partition coefficient (Wildman–Crippen LogP) is 1.47. The average Bonchev–Trinajstić information content (AvgIpc) is 2.37. The molecule has 4 heteroatoms. The molecule has 1 rings (SSSR count). The highest BCUT2D eigenvalue weighted by Gasteiger charge is 2.38. The SMILES string of the molecule is CCOC(=O)[C@@](O)(CCOC)c1ccccc1. The molecule has 0 bridgehead atoms. The summed E-state index contributed by atoms with van der Waals surface area (Å²) in [4.78, 5) is 11.8. The smallest absolute Gasteiger partial charge is 0.342 e. The van der Waals surface area contributed by atoms with Gasteiger partial charge in [0.25, 0.3) is 0 Å². The maximum atomic E-state index is 11.8. The first-order valence-corrected chi connectivity index (χ1v) is 5.59. The molecule has 1 aromatic carbocycles. The Labute approximate surface area is 101 Å². The van der Waals surface area contributed by atoms with Crippen molar-refractivity contribution in [1.29, 1.82) is 0 Å². The van der Waals surface area contributed by atoms with Crippen LogP contribution in [-0.2, 0) is 19.9 Å². The van der Waals surface area contributed by atoms with Crippen LogP contribution in [0.3, 0.4) is 0 Å². The number of methoxy groups -OCH3 is 1. The minimum Gasteiger partial charge on any atom is -0.464 e. The molecule has 0 heterocycles. The number of esters is 1. The average molecular weight is 238 g/mol. The van der Waals surface area contributed by atoms with Gasteiger partial charge in [-0.1, -0.05) is 30.3 Å². The van der Waals surface area contributed by atoms with Gasteiger partial charge in [0, 0.05) is 20.1 Å². The Kier molecular flexibility index (Phi) is 5.12. The van der Waals surface area contributed by atoms with Crippen LogP contribution in [0, 0.1) is 0 Å². The van der Waals surface area contributed by atoms with Crippen molar-refractivity contribution in [3.05, 3.63) is 35.9 Å². The second kappa shape index (κ2) is 6.37. The fourth-order valence-corrected chi connectivity index (χ4v) is 1.58. The van der Waals surface area contributed by atoms with Crippen molar-refractivity contribution in [3.63, 3.8) is 0 Å². The zero-order valence-electron chi connectivity index (χ0n) is 10.2. The lowest BCUT2D eigenvalue weighted by Crippen LogP contribution is -2.38. The van der Waals surface area contributed by atoms with Crippen LogP contribution in [0.15, 0.2) is 30.3 Å². The van der Waals surface area contributed by atoms with E-state index in [0.717, 1.165) is 0 Å². The Hall–Kier alpha value is -1.39. The maximum Gasteiger partial charge on any atom is 0.342 e. The third-order valence-corrected chi connectivity index (χ3v) is 2.53. The zero-order chi connectivity index (χ0) is 12.7. The maximum absolute atomic E-state index is 11.8. The summed E-state index contributed by atoms with van der Waals surface area (Å²) in [6.07, 6.45) is 0.173. The molecule has 1 N–H and O–H groups in total. The summed E-state index contributed by atoms with van der Waals surface area (Å²) in [5.74, 6) is -0.636. The molecule has 0 aliphatic heterocycles.